The molecule has 3 heteroatoms. The van der Waals surface area contributed by atoms with E-state index in [2.05, 4.69) is 0 Å². The van der Waals surface area contributed by atoms with E-state index in [1.165, 1.54) is 6.08 Å². The Morgan fingerprint density at radius 3 is 2.31 bits per heavy atom. The van der Waals surface area contributed by atoms with E-state index in [1.54, 1.807) is 20.8 Å². The van der Waals surface area contributed by atoms with E-state index in [-0.39, 0.29) is 5.97 Å². The number of esters is 1. The number of hydrogen-bond acceptors (Lipinski definition) is 3. The molecule has 0 heterocycles. The summed E-state index contributed by atoms with van der Waals surface area (Å²) < 4.78 is 4.74. The standard InChI is InChI=1S/C10H18O3/c1-5-8(10(3,4)12)7-9(11)13-6-2/h7,12H,5-6H2,1-4H3/b8-7-. The minimum atomic E-state index is -0.943. The van der Waals surface area contributed by atoms with E-state index >= 15 is 0 Å². The van der Waals surface area contributed by atoms with Gasteiger partial charge in [-0.2, -0.15) is 0 Å². The molecule has 0 aliphatic heterocycles. The molecular formula is C10H18O3. The van der Waals surface area contributed by atoms with E-state index in [4.69, 9.17) is 4.74 Å². The van der Waals surface area contributed by atoms with Crippen LogP contribution >= 0.6 is 0 Å². The highest BCUT2D eigenvalue weighted by Crippen LogP contribution is 2.18. The fourth-order valence-corrected chi connectivity index (χ4v) is 1.04. The molecule has 0 aromatic carbocycles. The van der Waals surface area contributed by atoms with Crippen molar-refractivity contribution in [1.82, 2.24) is 0 Å². The summed E-state index contributed by atoms with van der Waals surface area (Å²) in [5.74, 6) is -0.388. The highest BCUT2D eigenvalue weighted by molar-refractivity contribution is 5.83. The van der Waals surface area contributed by atoms with Gasteiger partial charge in [0.05, 0.1) is 12.2 Å². The number of ether oxygens (including phenoxy) is 1. The summed E-state index contributed by atoms with van der Waals surface area (Å²) in [4.78, 5) is 11.0. The first kappa shape index (κ1) is 12.2. The van der Waals surface area contributed by atoms with Gasteiger partial charge < -0.3 is 9.84 Å². The number of rotatable bonds is 4. The van der Waals surface area contributed by atoms with Crippen LogP contribution in [0.4, 0.5) is 0 Å². The number of carbonyl (C=O) groups is 1. The normalized spacial score (nSPS) is 12.8. The van der Waals surface area contributed by atoms with E-state index in [0.29, 0.717) is 18.6 Å². The first-order valence-corrected chi connectivity index (χ1v) is 4.52. The third-order valence-electron chi connectivity index (χ3n) is 1.75. The van der Waals surface area contributed by atoms with Crippen LogP contribution in [0, 0.1) is 0 Å². The molecule has 0 saturated heterocycles. The molecule has 76 valence electrons. The van der Waals surface area contributed by atoms with E-state index in [0.717, 1.165) is 0 Å². The Hall–Kier alpha value is -0.830. The molecule has 0 aromatic heterocycles. The molecule has 0 aromatic rings. The van der Waals surface area contributed by atoms with Crippen molar-refractivity contribution in [2.24, 2.45) is 0 Å². The fraction of sp³-hybridized carbons (Fsp3) is 0.700. The topological polar surface area (TPSA) is 46.5 Å². The van der Waals surface area contributed by atoms with Crippen LogP contribution in [-0.4, -0.2) is 23.3 Å². The lowest BCUT2D eigenvalue weighted by Gasteiger charge is -2.20. The Bertz CT molecular complexity index is 199. The van der Waals surface area contributed by atoms with Crippen LogP contribution in [0.5, 0.6) is 0 Å². The maximum absolute atomic E-state index is 11.0. The molecule has 0 aliphatic carbocycles. The Labute approximate surface area is 79.4 Å². The van der Waals surface area contributed by atoms with E-state index < -0.39 is 5.60 Å². The summed E-state index contributed by atoms with van der Waals surface area (Å²) in [5.41, 5.74) is -0.257. The van der Waals surface area contributed by atoms with Gasteiger partial charge in [0.25, 0.3) is 0 Å². The number of aliphatic hydroxyl groups is 1. The van der Waals surface area contributed by atoms with Crippen LogP contribution in [0.2, 0.25) is 0 Å². The molecule has 1 N–H and O–H groups in total. The lowest BCUT2D eigenvalue weighted by atomic mass is 9.95. The molecule has 0 radical (unpaired) electrons. The second-order valence-electron chi connectivity index (χ2n) is 3.33. The quantitative estimate of drug-likeness (QED) is 0.536. The van der Waals surface area contributed by atoms with Crippen LogP contribution in [-0.2, 0) is 9.53 Å². The smallest absolute Gasteiger partial charge is 0.330 e. The summed E-state index contributed by atoms with van der Waals surface area (Å²) >= 11 is 0. The Morgan fingerprint density at radius 1 is 1.46 bits per heavy atom. The average molecular weight is 186 g/mol. The molecule has 13 heavy (non-hydrogen) atoms. The zero-order valence-corrected chi connectivity index (χ0v) is 8.76. The van der Waals surface area contributed by atoms with Gasteiger partial charge in [-0.15, -0.1) is 0 Å². The number of hydrogen-bond donors (Lipinski definition) is 1. The van der Waals surface area contributed by atoms with Crippen molar-refractivity contribution in [3.8, 4) is 0 Å². The highest BCUT2D eigenvalue weighted by atomic mass is 16.5. The molecule has 0 amide bonds. The molecule has 0 spiro atoms. The van der Waals surface area contributed by atoms with Gasteiger partial charge in [0, 0.05) is 6.08 Å². The Balaban J connectivity index is 4.48. The molecule has 0 bridgehead atoms. The summed E-state index contributed by atoms with van der Waals surface area (Å²) in [5, 5.41) is 9.62. The summed E-state index contributed by atoms with van der Waals surface area (Å²) in [6.45, 7) is 7.31. The van der Waals surface area contributed by atoms with Crippen LogP contribution in [0.15, 0.2) is 11.6 Å². The van der Waals surface area contributed by atoms with Crippen LogP contribution in [0.3, 0.4) is 0 Å². The van der Waals surface area contributed by atoms with Gasteiger partial charge in [-0.3, -0.25) is 0 Å². The molecule has 3 nitrogen and oxygen atoms in total. The Kier molecular flexibility index (Phi) is 4.70. The van der Waals surface area contributed by atoms with Crippen molar-refractivity contribution in [2.45, 2.75) is 39.7 Å². The number of carbonyl (C=O) groups excluding carboxylic acids is 1. The lowest BCUT2D eigenvalue weighted by Crippen LogP contribution is -2.22. The third kappa shape index (κ3) is 4.68. The third-order valence-corrected chi connectivity index (χ3v) is 1.75. The summed E-state index contributed by atoms with van der Waals surface area (Å²) in [7, 11) is 0. The maximum Gasteiger partial charge on any atom is 0.330 e. The van der Waals surface area contributed by atoms with Crippen molar-refractivity contribution in [3.05, 3.63) is 11.6 Å². The molecule has 0 unspecified atom stereocenters. The molecule has 0 atom stereocenters. The van der Waals surface area contributed by atoms with Crippen LogP contribution in [0.1, 0.15) is 34.1 Å². The highest BCUT2D eigenvalue weighted by Gasteiger charge is 2.18. The zero-order valence-electron chi connectivity index (χ0n) is 8.76. The molecule has 0 saturated carbocycles. The first-order chi connectivity index (χ1) is 5.91. The molecular weight excluding hydrogens is 168 g/mol. The van der Waals surface area contributed by atoms with Crippen molar-refractivity contribution < 1.29 is 14.6 Å². The molecule has 0 aliphatic rings. The first-order valence-electron chi connectivity index (χ1n) is 4.52. The predicted molar refractivity (Wildman–Crippen MR) is 51.3 cm³/mol. The van der Waals surface area contributed by atoms with Crippen molar-refractivity contribution in [1.29, 1.82) is 0 Å². The fourth-order valence-electron chi connectivity index (χ4n) is 1.04. The molecule has 0 fully saturated rings. The lowest BCUT2D eigenvalue weighted by molar-refractivity contribution is -0.137. The second-order valence-corrected chi connectivity index (χ2v) is 3.33. The second kappa shape index (κ2) is 5.02. The van der Waals surface area contributed by atoms with Gasteiger partial charge in [0.15, 0.2) is 0 Å². The SMILES string of the molecule is CCOC(=O)/C=C(/CC)C(C)(C)O. The van der Waals surface area contributed by atoms with Gasteiger partial charge in [-0.05, 0) is 32.8 Å². The predicted octanol–water partition coefficient (Wildman–Crippen LogP) is 1.66. The van der Waals surface area contributed by atoms with Crippen LogP contribution < -0.4 is 0 Å². The summed E-state index contributed by atoms with van der Waals surface area (Å²) in [6.07, 6.45) is 2.01. The van der Waals surface area contributed by atoms with Gasteiger partial charge in [-0.1, -0.05) is 6.92 Å². The van der Waals surface area contributed by atoms with Gasteiger partial charge in [0.2, 0.25) is 0 Å². The average Bonchev–Trinajstić information content (AvgIpc) is 1.98. The van der Waals surface area contributed by atoms with E-state index in [1.807, 2.05) is 6.92 Å². The summed E-state index contributed by atoms with van der Waals surface area (Å²) in [6, 6.07) is 0. The van der Waals surface area contributed by atoms with E-state index in [9.17, 15) is 9.90 Å². The monoisotopic (exact) mass is 186 g/mol. The zero-order chi connectivity index (χ0) is 10.5. The van der Waals surface area contributed by atoms with Gasteiger partial charge >= 0.3 is 5.97 Å². The van der Waals surface area contributed by atoms with Crippen LogP contribution in [0.25, 0.3) is 0 Å². The maximum atomic E-state index is 11.0. The minimum absolute atomic E-state index is 0.359. The van der Waals surface area contributed by atoms with Crippen molar-refractivity contribution in [2.75, 3.05) is 6.61 Å². The van der Waals surface area contributed by atoms with Crippen molar-refractivity contribution >= 4 is 5.97 Å². The van der Waals surface area contributed by atoms with Gasteiger partial charge in [0.1, 0.15) is 0 Å². The Morgan fingerprint density at radius 2 is 2.00 bits per heavy atom. The van der Waals surface area contributed by atoms with Crippen molar-refractivity contribution in [3.63, 3.8) is 0 Å². The molecule has 0 rings (SSSR count). The largest absolute Gasteiger partial charge is 0.463 e. The van der Waals surface area contributed by atoms with Gasteiger partial charge in [-0.25, -0.2) is 4.79 Å². The minimum Gasteiger partial charge on any atom is -0.463 e.